The predicted molar refractivity (Wildman–Crippen MR) is 119 cm³/mol. The summed E-state index contributed by atoms with van der Waals surface area (Å²) in [5, 5.41) is 1.97. The van der Waals surface area contributed by atoms with Gasteiger partial charge in [-0.3, -0.25) is 9.88 Å². The molecule has 1 fully saturated rings. The number of pyridine rings is 1. The Morgan fingerprint density at radius 2 is 1.77 bits per heavy atom. The predicted octanol–water partition coefficient (Wildman–Crippen LogP) is 5.51. The van der Waals surface area contributed by atoms with E-state index in [-0.39, 0.29) is 5.63 Å². The molecule has 154 valence electrons. The van der Waals surface area contributed by atoms with Crippen molar-refractivity contribution in [3.05, 3.63) is 63.3 Å². The zero-order valence-corrected chi connectivity index (χ0v) is 17.7. The Bertz CT molecular complexity index is 1310. The van der Waals surface area contributed by atoms with Crippen LogP contribution in [0.15, 0.2) is 44.1 Å². The highest BCUT2D eigenvalue weighted by molar-refractivity contribution is 5.97. The number of piperidine rings is 1. The van der Waals surface area contributed by atoms with Gasteiger partial charge in [0.15, 0.2) is 5.58 Å². The van der Waals surface area contributed by atoms with Crippen molar-refractivity contribution in [3.63, 3.8) is 0 Å². The smallest absolute Gasteiger partial charge is 0.336 e. The van der Waals surface area contributed by atoms with E-state index in [2.05, 4.69) is 22.0 Å². The maximum absolute atomic E-state index is 12.3. The third kappa shape index (κ3) is 3.23. The second-order valence-corrected chi connectivity index (χ2v) is 8.42. The van der Waals surface area contributed by atoms with Crippen molar-refractivity contribution < 1.29 is 8.83 Å². The maximum Gasteiger partial charge on any atom is 0.336 e. The van der Waals surface area contributed by atoms with Crippen LogP contribution < -0.4 is 5.63 Å². The second kappa shape index (κ2) is 7.40. The molecule has 30 heavy (non-hydrogen) atoms. The number of hydrogen-bond donors (Lipinski definition) is 0. The number of hydrogen-bond acceptors (Lipinski definition) is 5. The molecule has 1 aliphatic heterocycles. The first kappa shape index (κ1) is 19.1. The third-order valence-electron chi connectivity index (χ3n) is 6.36. The summed E-state index contributed by atoms with van der Waals surface area (Å²) in [6.07, 6.45) is 5.79. The fourth-order valence-electron chi connectivity index (χ4n) is 4.48. The van der Waals surface area contributed by atoms with Crippen LogP contribution in [0.4, 0.5) is 0 Å². The largest absolute Gasteiger partial charge is 0.454 e. The number of aromatic nitrogens is 1. The average Bonchev–Trinajstić information content (AvgIpc) is 3.20. The van der Waals surface area contributed by atoms with Crippen molar-refractivity contribution in [2.24, 2.45) is 0 Å². The lowest BCUT2D eigenvalue weighted by Gasteiger charge is -2.26. The highest BCUT2D eigenvalue weighted by Crippen LogP contribution is 2.35. The van der Waals surface area contributed by atoms with Crippen LogP contribution >= 0.6 is 0 Å². The van der Waals surface area contributed by atoms with Crippen molar-refractivity contribution in [1.29, 1.82) is 0 Å². The quantitative estimate of drug-likeness (QED) is 0.423. The molecular formula is C25H26N2O3. The SMILES string of the molecule is Cc1ccc2c(-c3cc4c(CN5CCCCC5)cnc(C)c4o3)cc(=O)oc2c1C. The van der Waals surface area contributed by atoms with Gasteiger partial charge in [-0.15, -0.1) is 0 Å². The van der Waals surface area contributed by atoms with Crippen molar-refractivity contribution in [2.45, 2.75) is 46.6 Å². The van der Waals surface area contributed by atoms with Gasteiger partial charge in [-0.2, -0.15) is 0 Å². The van der Waals surface area contributed by atoms with Crippen molar-refractivity contribution in [3.8, 4) is 11.3 Å². The minimum Gasteiger partial charge on any atom is -0.454 e. The first-order chi connectivity index (χ1) is 14.5. The number of furan rings is 1. The van der Waals surface area contributed by atoms with E-state index >= 15 is 0 Å². The number of fused-ring (bicyclic) bond motifs is 2. The summed E-state index contributed by atoms with van der Waals surface area (Å²) in [4.78, 5) is 19.4. The summed E-state index contributed by atoms with van der Waals surface area (Å²) in [7, 11) is 0. The molecule has 0 aliphatic carbocycles. The first-order valence-corrected chi connectivity index (χ1v) is 10.7. The molecule has 5 heteroatoms. The third-order valence-corrected chi connectivity index (χ3v) is 6.36. The number of rotatable bonds is 3. The molecule has 1 saturated heterocycles. The lowest BCUT2D eigenvalue weighted by atomic mass is 10.0. The maximum atomic E-state index is 12.3. The van der Waals surface area contributed by atoms with E-state index in [1.807, 2.05) is 33.0 Å². The number of likely N-dealkylation sites (tertiary alicyclic amines) is 1. The molecule has 1 aromatic carbocycles. The highest BCUT2D eigenvalue weighted by atomic mass is 16.4. The van der Waals surface area contributed by atoms with Gasteiger partial charge in [0.25, 0.3) is 0 Å². The zero-order valence-electron chi connectivity index (χ0n) is 17.7. The second-order valence-electron chi connectivity index (χ2n) is 8.42. The molecule has 3 aromatic heterocycles. The Morgan fingerprint density at radius 1 is 0.967 bits per heavy atom. The first-order valence-electron chi connectivity index (χ1n) is 10.7. The Morgan fingerprint density at radius 3 is 2.57 bits per heavy atom. The van der Waals surface area contributed by atoms with Gasteiger partial charge in [0.2, 0.25) is 0 Å². The Hall–Kier alpha value is -2.92. The number of aryl methyl sites for hydroxylation is 3. The van der Waals surface area contributed by atoms with Crippen LogP contribution in [-0.4, -0.2) is 23.0 Å². The topological polar surface area (TPSA) is 59.5 Å². The normalized spacial score (nSPS) is 15.3. The van der Waals surface area contributed by atoms with E-state index in [0.29, 0.717) is 11.3 Å². The number of benzene rings is 1. The molecule has 0 saturated carbocycles. The molecule has 4 aromatic rings. The Kier molecular flexibility index (Phi) is 4.70. The van der Waals surface area contributed by atoms with Crippen molar-refractivity contribution >= 4 is 21.9 Å². The van der Waals surface area contributed by atoms with Gasteiger partial charge in [-0.25, -0.2) is 4.79 Å². The molecule has 0 N–H and O–H groups in total. The summed E-state index contributed by atoms with van der Waals surface area (Å²) in [6.45, 7) is 9.09. The zero-order chi connectivity index (χ0) is 20.8. The molecule has 0 spiro atoms. The van der Waals surface area contributed by atoms with E-state index in [0.717, 1.165) is 58.4 Å². The fourth-order valence-corrected chi connectivity index (χ4v) is 4.48. The standard InChI is InChI=1S/C25H26N2O3/c1-15-7-8-19-21(12-23(28)30-24(19)16(15)2)22-11-20-18(13-26-17(3)25(20)29-22)14-27-9-5-4-6-10-27/h7-8,11-13H,4-6,9-10,14H2,1-3H3. The molecule has 4 heterocycles. The van der Waals surface area contributed by atoms with E-state index in [9.17, 15) is 4.79 Å². The molecule has 0 radical (unpaired) electrons. The molecular weight excluding hydrogens is 376 g/mol. The van der Waals surface area contributed by atoms with E-state index in [4.69, 9.17) is 8.83 Å². The van der Waals surface area contributed by atoms with E-state index < -0.39 is 0 Å². The van der Waals surface area contributed by atoms with Crippen LogP contribution in [0.2, 0.25) is 0 Å². The Labute approximate surface area is 175 Å². The number of nitrogens with zero attached hydrogens (tertiary/aromatic N) is 2. The average molecular weight is 402 g/mol. The van der Waals surface area contributed by atoms with E-state index in [1.54, 1.807) is 0 Å². The van der Waals surface area contributed by atoms with Gasteiger partial charge in [-0.1, -0.05) is 18.6 Å². The van der Waals surface area contributed by atoms with Crippen molar-refractivity contribution in [1.82, 2.24) is 9.88 Å². The minimum absolute atomic E-state index is 0.366. The molecule has 0 unspecified atom stereocenters. The molecule has 5 rings (SSSR count). The van der Waals surface area contributed by atoms with Gasteiger partial charge >= 0.3 is 5.63 Å². The van der Waals surface area contributed by atoms with E-state index in [1.165, 1.54) is 30.9 Å². The lowest BCUT2D eigenvalue weighted by Crippen LogP contribution is -2.29. The molecule has 0 amide bonds. The van der Waals surface area contributed by atoms with Gasteiger partial charge < -0.3 is 8.83 Å². The molecule has 5 nitrogen and oxygen atoms in total. The van der Waals surface area contributed by atoms with Gasteiger partial charge in [0, 0.05) is 35.1 Å². The van der Waals surface area contributed by atoms with Crippen LogP contribution in [0.5, 0.6) is 0 Å². The summed E-state index contributed by atoms with van der Waals surface area (Å²) in [6, 6.07) is 7.65. The summed E-state index contributed by atoms with van der Waals surface area (Å²) in [5.74, 6) is 0.683. The summed E-state index contributed by atoms with van der Waals surface area (Å²) < 4.78 is 11.8. The van der Waals surface area contributed by atoms with Crippen LogP contribution in [0, 0.1) is 20.8 Å². The lowest BCUT2D eigenvalue weighted by molar-refractivity contribution is 0.221. The molecule has 1 aliphatic rings. The van der Waals surface area contributed by atoms with Gasteiger partial charge in [0.05, 0.1) is 5.69 Å². The van der Waals surface area contributed by atoms with Crippen LogP contribution in [0.25, 0.3) is 33.3 Å². The van der Waals surface area contributed by atoms with Crippen LogP contribution in [0.1, 0.15) is 41.6 Å². The molecule has 0 bridgehead atoms. The summed E-state index contributed by atoms with van der Waals surface area (Å²) >= 11 is 0. The van der Waals surface area contributed by atoms with Gasteiger partial charge in [-0.05, 0) is 69.5 Å². The highest BCUT2D eigenvalue weighted by Gasteiger charge is 2.19. The minimum atomic E-state index is -0.366. The fraction of sp³-hybridized carbons (Fsp3) is 0.360. The Balaban J connectivity index is 1.67. The summed E-state index contributed by atoms with van der Waals surface area (Å²) in [5.41, 5.74) is 5.93. The van der Waals surface area contributed by atoms with Crippen LogP contribution in [0.3, 0.4) is 0 Å². The van der Waals surface area contributed by atoms with Crippen molar-refractivity contribution in [2.75, 3.05) is 13.1 Å². The van der Waals surface area contributed by atoms with Gasteiger partial charge in [0.1, 0.15) is 11.3 Å². The monoisotopic (exact) mass is 402 g/mol. The molecule has 0 atom stereocenters. The van der Waals surface area contributed by atoms with Crippen LogP contribution in [-0.2, 0) is 6.54 Å².